The molecule has 0 amide bonds. The lowest BCUT2D eigenvalue weighted by Gasteiger charge is -2.16. The number of H-pyrrole nitrogens is 1. The van der Waals surface area contributed by atoms with Gasteiger partial charge in [0.25, 0.3) is 5.56 Å². The van der Waals surface area contributed by atoms with E-state index >= 15 is 0 Å². The number of aliphatic hydroxyl groups is 1. The number of alkyl halides is 1. The molecular formula is C10H13FN5O6PS. The Morgan fingerprint density at radius 2 is 2.29 bits per heavy atom. The predicted molar refractivity (Wildman–Crippen MR) is 82.0 cm³/mol. The predicted octanol–water partition coefficient (Wildman–Crippen LogP) is -1.48. The zero-order chi connectivity index (χ0) is 17.6. The molecule has 132 valence electrons. The minimum Gasteiger partial charge on any atom is -0.385 e. The highest BCUT2D eigenvalue weighted by Crippen LogP contribution is 2.39. The number of aliphatic hydroxyl groups excluding tert-OH is 1. The first-order valence-corrected chi connectivity index (χ1v) is 9.20. The van der Waals surface area contributed by atoms with Crippen molar-refractivity contribution in [1.82, 2.24) is 19.5 Å². The zero-order valence-corrected chi connectivity index (χ0v) is 13.5. The molecule has 1 aliphatic rings. The molecule has 3 heterocycles. The van der Waals surface area contributed by atoms with Gasteiger partial charge >= 0.3 is 6.72 Å². The molecule has 0 bridgehead atoms. The summed E-state index contributed by atoms with van der Waals surface area (Å²) < 4.78 is 25.2. The number of hydrogen-bond acceptors (Lipinski definition) is 8. The lowest BCUT2D eigenvalue weighted by molar-refractivity contribution is -0.0474. The van der Waals surface area contributed by atoms with Gasteiger partial charge in [-0.15, -0.1) is 0 Å². The van der Waals surface area contributed by atoms with Crippen LogP contribution in [0.2, 0.25) is 0 Å². The summed E-state index contributed by atoms with van der Waals surface area (Å²) in [6.07, 6.45) is -4.94. The van der Waals surface area contributed by atoms with Gasteiger partial charge in [0.1, 0.15) is 12.2 Å². The monoisotopic (exact) mass is 381 g/mol. The van der Waals surface area contributed by atoms with E-state index in [1.165, 1.54) is 0 Å². The van der Waals surface area contributed by atoms with Gasteiger partial charge in [-0.25, -0.2) is 9.37 Å². The number of nitrogen functional groups attached to an aromatic ring is 1. The molecule has 2 aromatic rings. The lowest BCUT2D eigenvalue weighted by atomic mass is 10.1. The average molecular weight is 381 g/mol. The summed E-state index contributed by atoms with van der Waals surface area (Å²) in [5.74, 6) is -0.181. The number of fused-ring (bicyclic) bond motifs is 1. The Balaban J connectivity index is 1.90. The summed E-state index contributed by atoms with van der Waals surface area (Å²) in [6.45, 7) is -4.55. The van der Waals surface area contributed by atoms with Crippen molar-refractivity contribution < 1.29 is 28.5 Å². The van der Waals surface area contributed by atoms with Crippen LogP contribution in [0.25, 0.3) is 11.2 Å². The first-order valence-electron chi connectivity index (χ1n) is 6.57. The number of halogens is 1. The van der Waals surface area contributed by atoms with Gasteiger partial charge in [-0.05, 0) is 11.8 Å². The third-order valence-corrected chi connectivity index (χ3v) is 4.22. The van der Waals surface area contributed by atoms with Gasteiger partial charge in [-0.2, -0.15) is 4.98 Å². The lowest BCUT2D eigenvalue weighted by Crippen LogP contribution is -2.30. The second kappa shape index (κ2) is 6.11. The molecule has 3 rings (SSSR count). The molecule has 1 unspecified atom stereocenters. The number of rotatable bonds is 4. The second-order valence-electron chi connectivity index (χ2n) is 5.06. The van der Waals surface area contributed by atoms with Gasteiger partial charge in [0, 0.05) is 0 Å². The Bertz CT molecular complexity index is 869. The molecule has 0 spiro atoms. The van der Waals surface area contributed by atoms with Crippen molar-refractivity contribution in [2.75, 3.05) is 12.3 Å². The molecule has 11 nitrogen and oxygen atoms in total. The van der Waals surface area contributed by atoms with Crippen LogP contribution >= 0.6 is 6.72 Å². The minimum absolute atomic E-state index is 0.00324. The van der Waals surface area contributed by atoms with Gasteiger partial charge < -0.3 is 29.9 Å². The highest BCUT2D eigenvalue weighted by molar-refractivity contribution is 8.06. The molecule has 2 aromatic heterocycles. The van der Waals surface area contributed by atoms with Crippen molar-refractivity contribution in [3.63, 3.8) is 0 Å². The number of ether oxygens (including phenoxy) is 1. The van der Waals surface area contributed by atoms with Crippen molar-refractivity contribution in [3.8, 4) is 0 Å². The van der Waals surface area contributed by atoms with Gasteiger partial charge in [-0.3, -0.25) is 14.3 Å². The first-order chi connectivity index (χ1) is 11.2. The number of imidazole rings is 1. The summed E-state index contributed by atoms with van der Waals surface area (Å²) in [5.41, 5.74) is 4.82. The third kappa shape index (κ3) is 3.19. The minimum atomic E-state index is -3.98. The Morgan fingerprint density at radius 1 is 1.58 bits per heavy atom. The van der Waals surface area contributed by atoms with Crippen LogP contribution in [-0.4, -0.2) is 59.4 Å². The van der Waals surface area contributed by atoms with Crippen molar-refractivity contribution in [2.24, 2.45) is 0 Å². The fourth-order valence-electron chi connectivity index (χ4n) is 2.37. The van der Waals surface area contributed by atoms with E-state index < -0.39 is 43.5 Å². The number of hydrogen-bond donors (Lipinski definition) is 5. The van der Waals surface area contributed by atoms with E-state index in [0.29, 0.717) is 0 Å². The van der Waals surface area contributed by atoms with Crippen LogP contribution in [0.5, 0.6) is 0 Å². The molecule has 1 fully saturated rings. The quantitative estimate of drug-likeness (QED) is 0.394. The molecule has 1 saturated heterocycles. The Kier molecular flexibility index (Phi) is 4.42. The van der Waals surface area contributed by atoms with Crippen molar-refractivity contribution in [3.05, 3.63) is 16.7 Å². The largest absolute Gasteiger partial charge is 0.385 e. The fourth-order valence-corrected chi connectivity index (χ4v) is 2.90. The summed E-state index contributed by atoms with van der Waals surface area (Å²) in [6, 6.07) is 0. The van der Waals surface area contributed by atoms with E-state index in [2.05, 4.69) is 31.3 Å². The summed E-state index contributed by atoms with van der Waals surface area (Å²) in [5, 5.41) is 10.0. The van der Waals surface area contributed by atoms with Crippen LogP contribution in [0, 0.1) is 0 Å². The molecule has 0 saturated carbocycles. The van der Waals surface area contributed by atoms with Crippen LogP contribution in [0.4, 0.5) is 10.3 Å². The summed E-state index contributed by atoms with van der Waals surface area (Å²) in [4.78, 5) is 39.8. The maximum absolute atomic E-state index is 14.2. The molecule has 6 N–H and O–H groups in total. The van der Waals surface area contributed by atoms with Gasteiger partial charge in [0.2, 0.25) is 5.95 Å². The second-order valence-corrected chi connectivity index (χ2v) is 7.73. The van der Waals surface area contributed by atoms with E-state index in [-0.39, 0.29) is 17.1 Å². The third-order valence-electron chi connectivity index (χ3n) is 3.42. The van der Waals surface area contributed by atoms with Crippen LogP contribution in [-0.2, 0) is 21.1 Å². The topological polar surface area (TPSA) is 169 Å². The maximum Gasteiger partial charge on any atom is 0.321 e. The summed E-state index contributed by atoms with van der Waals surface area (Å²) in [7, 11) is 0. The molecule has 4 atom stereocenters. The van der Waals surface area contributed by atoms with Crippen LogP contribution in [0.15, 0.2) is 11.1 Å². The number of nitrogens with one attached hydrogen (secondary N) is 1. The molecule has 1 aliphatic heterocycles. The Labute approximate surface area is 138 Å². The van der Waals surface area contributed by atoms with Crippen LogP contribution in [0.3, 0.4) is 0 Å². The van der Waals surface area contributed by atoms with E-state index in [1.54, 1.807) is 0 Å². The summed E-state index contributed by atoms with van der Waals surface area (Å²) >= 11 is 4.27. The average Bonchev–Trinajstić information content (AvgIpc) is 3.00. The van der Waals surface area contributed by atoms with Gasteiger partial charge in [-0.1, -0.05) is 0 Å². The normalized spacial score (nSPS) is 27.8. The Hall–Kier alpha value is -1.47. The van der Waals surface area contributed by atoms with Gasteiger partial charge in [0.15, 0.2) is 23.6 Å². The van der Waals surface area contributed by atoms with Crippen LogP contribution in [0.1, 0.15) is 6.23 Å². The number of nitrogens with zero attached hydrogens (tertiary/aromatic N) is 3. The number of aromatic amines is 1. The highest BCUT2D eigenvalue weighted by atomic mass is 32.5. The zero-order valence-electron chi connectivity index (χ0n) is 11.8. The van der Waals surface area contributed by atoms with E-state index in [9.17, 15) is 14.3 Å². The Morgan fingerprint density at radius 3 is 2.96 bits per heavy atom. The highest BCUT2D eigenvalue weighted by Gasteiger charge is 2.46. The maximum atomic E-state index is 14.2. The molecule has 0 radical (unpaired) electrons. The van der Waals surface area contributed by atoms with Crippen LogP contribution < -0.4 is 11.3 Å². The van der Waals surface area contributed by atoms with E-state index in [0.717, 1.165) is 10.9 Å². The molecule has 0 aromatic carbocycles. The number of aromatic nitrogens is 4. The molecule has 0 aliphatic carbocycles. The van der Waals surface area contributed by atoms with E-state index in [1.807, 2.05) is 0 Å². The fraction of sp³-hybridized carbons (Fsp3) is 0.500. The smallest absolute Gasteiger partial charge is 0.321 e. The van der Waals surface area contributed by atoms with Crippen molar-refractivity contribution in [2.45, 2.75) is 24.6 Å². The van der Waals surface area contributed by atoms with Gasteiger partial charge in [0.05, 0.1) is 12.9 Å². The standard InChI is InChI=1S/C10H13FN5O6PS/c11-4-3(1-21-23(19,20)24)22-9(6(4)17)16-2-13-5-7(16)14-10(12)15-8(5)18/h2-4,6,9,17H,1H2,(H2,19,20,24)(H3,12,14,15,18)/t3?,4-,6-,9+/m0/s1. The SMILES string of the molecule is Nc1nc2c(ncn2[C@@H]2OC(COP(O)(O)=S)[C@H](F)[C@@H]2O)c(=O)[nH]1. The van der Waals surface area contributed by atoms with E-state index in [4.69, 9.17) is 20.3 Å². The number of anilines is 1. The van der Waals surface area contributed by atoms with Crippen molar-refractivity contribution in [1.29, 1.82) is 0 Å². The number of nitrogens with two attached hydrogens (primary N) is 1. The van der Waals surface area contributed by atoms with Crippen molar-refractivity contribution >= 4 is 35.6 Å². The first kappa shape index (κ1) is 17.4. The molecule has 24 heavy (non-hydrogen) atoms. The molecular weight excluding hydrogens is 368 g/mol. The molecule has 14 heteroatoms.